The maximum Gasteiger partial charge on any atom is 0.261 e. The van der Waals surface area contributed by atoms with E-state index in [1.54, 1.807) is 31.2 Å². The Bertz CT molecular complexity index is 816. The molecule has 1 N–H and O–H groups in total. The second-order valence-corrected chi connectivity index (χ2v) is 5.41. The highest BCUT2D eigenvalue weighted by Crippen LogP contribution is 2.16. The molecule has 0 spiro atoms. The van der Waals surface area contributed by atoms with Crippen LogP contribution in [0, 0.1) is 0 Å². The molecule has 2 aromatic heterocycles. The van der Waals surface area contributed by atoms with Crippen LogP contribution in [0.2, 0.25) is 5.02 Å². The number of halogens is 1. The van der Waals surface area contributed by atoms with Gasteiger partial charge in [0, 0.05) is 11.2 Å². The molecule has 0 aliphatic heterocycles. The van der Waals surface area contributed by atoms with E-state index in [-0.39, 0.29) is 12.5 Å². The predicted molar refractivity (Wildman–Crippen MR) is 86.4 cm³/mol. The standard InChI is InChI=1S/C16H15ClN4O2/c1-11(23-13-7-5-12(17)6-8-13)16(22)18-10-15-20-19-14-4-2-3-9-21(14)15/h2-9,11H,10H2,1H3,(H,18,22). The number of carbonyl (C=O) groups excluding carboxylic acids is 1. The zero-order chi connectivity index (χ0) is 16.2. The number of rotatable bonds is 5. The molecule has 23 heavy (non-hydrogen) atoms. The van der Waals surface area contributed by atoms with Gasteiger partial charge in [-0.15, -0.1) is 10.2 Å². The van der Waals surface area contributed by atoms with Crippen molar-refractivity contribution >= 4 is 23.2 Å². The quantitative estimate of drug-likeness (QED) is 0.780. The number of amides is 1. The number of fused-ring (bicyclic) bond motifs is 1. The molecule has 0 fully saturated rings. The first-order chi connectivity index (χ1) is 11.1. The number of pyridine rings is 1. The predicted octanol–water partition coefficient (Wildman–Crippen LogP) is 2.47. The van der Waals surface area contributed by atoms with Crippen molar-refractivity contribution in [1.82, 2.24) is 19.9 Å². The number of carbonyl (C=O) groups is 1. The molecule has 0 saturated carbocycles. The van der Waals surface area contributed by atoms with Crippen LogP contribution in [0.4, 0.5) is 0 Å². The van der Waals surface area contributed by atoms with Crippen molar-refractivity contribution in [3.05, 3.63) is 59.5 Å². The first-order valence-corrected chi connectivity index (χ1v) is 7.50. The molecule has 3 aromatic rings. The molecule has 0 aliphatic carbocycles. The third-order valence-electron chi connectivity index (χ3n) is 3.30. The summed E-state index contributed by atoms with van der Waals surface area (Å²) in [5.74, 6) is 1.02. The number of ether oxygens (including phenoxy) is 1. The van der Waals surface area contributed by atoms with Gasteiger partial charge >= 0.3 is 0 Å². The molecule has 0 bridgehead atoms. The number of nitrogens with one attached hydrogen (secondary N) is 1. The lowest BCUT2D eigenvalue weighted by Gasteiger charge is -2.14. The minimum atomic E-state index is -0.629. The normalized spacial score (nSPS) is 12.1. The Kier molecular flexibility index (Phi) is 4.43. The molecule has 2 heterocycles. The average molecular weight is 331 g/mol. The van der Waals surface area contributed by atoms with Crippen molar-refractivity contribution in [3.8, 4) is 5.75 Å². The lowest BCUT2D eigenvalue weighted by atomic mass is 10.3. The molecule has 3 rings (SSSR count). The molecular weight excluding hydrogens is 316 g/mol. The van der Waals surface area contributed by atoms with Crippen molar-refractivity contribution < 1.29 is 9.53 Å². The highest BCUT2D eigenvalue weighted by atomic mass is 35.5. The monoisotopic (exact) mass is 330 g/mol. The Morgan fingerprint density at radius 1 is 1.26 bits per heavy atom. The fourth-order valence-electron chi connectivity index (χ4n) is 2.09. The topological polar surface area (TPSA) is 68.5 Å². The van der Waals surface area contributed by atoms with Gasteiger partial charge in [0.05, 0.1) is 6.54 Å². The van der Waals surface area contributed by atoms with Crippen LogP contribution < -0.4 is 10.1 Å². The minimum Gasteiger partial charge on any atom is -0.481 e. The molecule has 1 unspecified atom stereocenters. The fraction of sp³-hybridized carbons (Fsp3) is 0.188. The summed E-state index contributed by atoms with van der Waals surface area (Å²) in [6.45, 7) is 1.96. The first kappa shape index (κ1) is 15.3. The largest absolute Gasteiger partial charge is 0.481 e. The minimum absolute atomic E-state index is 0.229. The Hall–Kier alpha value is -2.60. The van der Waals surface area contributed by atoms with Crippen LogP contribution in [0.5, 0.6) is 5.75 Å². The Labute approximate surface area is 138 Å². The second-order valence-electron chi connectivity index (χ2n) is 4.98. The highest BCUT2D eigenvalue weighted by molar-refractivity contribution is 6.30. The van der Waals surface area contributed by atoms with Gasteiger partial charge in [-0.05, 0) is 43.3 Å². The van der Waals surface area contributed by atoms with Crippen molar-refractivity contribution in [2.24, 2.45) is 0 Å². The summed E-state index contributed by atoms with van der Waals surface area (Å²) in [6.07, 6.45) is 1.22. The average Bonchev–Trinajstić information content (AvgIpc) is 2.98. The van der Waals surface area contributed by atoms with Gasteiger partial charge < -0.3 is 10.1 Å². The highest BCUT2D eigenvalue weighted by Gasteiger charge is 2.15. The van der Waals surface area contributed by atoms with E-state index in [2.05, 4.69) is 15.5 Å². The molecule has 118 valence electrons. The Morgan fingerprint density at radius 2 is 2.04 bits per heavy atom. The van der Waals surface area contributed by atoms with Crippen molar-refractivity contribution in [2.75, 3.05) is 0 Å². The fourth-order valence-corrected chi connectivity index (χ4v) is 2.22. The van der Waals surface area contributed by atoms with Crippen LogP contribution in [0.3, 0.4) is 0 Å². The molecule has 0 saturated heterocycles. The number of aromatic nitrogens is 3. The number of benzene rings is 1. The van der Waals surface area contributed by atoms with Gasteiger partial charge in [0.2, 0.25) is 0 Å². The summed E-state index contributed by atoms with van der Waals surface area (Å²) in [4.78, 5) is 12.1. The van der Waals surface area contributed by atoms with E-state index in [0.717, 1.165) is 5.65 Å². The second kappa shape index (κ2) is 6.66. The van der Waals surface area contributed by atoms with Crippen LogP contribution in [0.1, 0.15) is 12.7 Å². The number of hydrogen-bond acceptors (Lipinski definition) is 4. The molecule has 1 aromatic carbocycles. The number of hydrogen-bond donors (Lipinski definition) is 1. The molecule has 0 radical (unpaired) electrons. The molecule has 1 atom stereocenters. The van der Waals surface area contributed by atoms with E-state index in [0.29, 0.717) is 16.6 Å². The van der Waals surface area contributed by atoms with Crippen LogP contribution in [0.25, 0.3) is 5.65 Å². The SMILES string of the molecule is CC(Oc1ccc(Cl)cc1)C(=O)NCc1nnc2ccccn12. The molecule has 1 amide bonds. The van der Waals surface area contributed by atoms with Crippen LogP contribution in [0.15, 0.2) is 48.7 Å². The summed E-state index contributed by atoms with van der Waals surface area (Å²) < 4.78 is 7.40. The van der Waals surface area contributed by atoms with Gasteiger partial charge in [0.1, 0.15) is 5.75 Å². The van der Waals surface area contributed by atoms with Gasteiger partial charge in [-0.2, -0.15) is 0 Å². The van der Waals surface area contributed by atoms with E-state index in [4.69, 9.17) is 16.3 Å². The Morgan fingerprint density at radius 3 is 2.83 bits per heavy atom. The van der Waals surface area contributed by atoms with Crippen molar-refractivity contribution in [3.63, 3.8) is 0 Å². The smallest absolute Gasteiger partial charge is 0.261 e. The summed E-state index contributed by atoms with van der Waals surface area (Å²) >= 11 is 5.82. The zero-order valence-electron chi connectivity index (χ0n) is 12.4. The third kappa shape index (κ3) is 3.60. The van der Waals surface area contributed by atoms with Gasteiger partial charge in [0.25, 0.3) is 5.91 Å². The van der Waals surface area contributed by atoms with Crippen LogP contribution in [-0.4, -0.2) is 26.6 Å². The maximum atomic E-state index is 12.1. The van der Waals surface area contributed by atoms with Crippen LogP contribution in [-0.2, 0) is 11.3 Å². The van der Waals surface area contributed by atoms with Crippen molar-refractivity contribution in [1.29, 1.82) is 0 Å². The third-order valence-corrected chi connectivity index (χ3v) is 3.55. The lowest BCUT2D eigenvalue weighted by molar-refractivity contribution is -0.127. The molecular formula is C16H15ClN4O2. The summed E-state index contributed by atoms with van der Waals surface area (Å²) in [5.41, 5.74) is 0.738. The first-order valence-electron chi connectivity index (χ1n) is 7.12. The van der Waals surface area contributed by atoms with Gasteiger partial charge in [-0.25, -0.2) is 0 Å². The van der Waals surface area contributed by atoms with Gasteiger partial charge in [-0.3, -0.25) is 9.20 Å². The summed E-state index contributed by atoms with van der Waals surface area (Å²) in [6, 6.07) is 12.5. The van der Waals surface area contributed by atoms with E-state index in [1.807, 2.05) is 28.8 Å². The molecule has 7 heteroatoms. The maximum absolute atomic E-state index is 12.1. The van der Waals surface area contributed by atoms with Crippen molar-refractivity contribution in [2.45, 2.75) is 19.6 Å². The summed E-state index contributed by atoms with van der Waals surface area (Å²) in [7, 11) is 0. The summed E-state index contributed by atoms with van der Waals surface area (Å²) in [5, 5.41) is 11.5. The molecule has 6 nitrogen and oxygen atoms in total. The van der Waals surface area contributed by atoms with Crippen LogP contribution >= 0.6 is 11.6 Å². The van der Waals surface area contributed by atoms with E-state index in [9.17, 15) is 4.79 Å². The number of nitrogens with zero attached hydrogens (tertiary/aromatic N) is 3. The zero-order valence-corrected chi connectivity index (χ0v) is 13.2. The van der Waals surface area contributed by atoms with Gasteiger partial charge in [0.15, 0.2) is 17.6 Å². The van der Waals surface area contributed by atoms with Gasteiger partial charge in [-0.1, -0.05) is 17.7 Å². The molecule has 0 aliphatic rings. The lowest BCUT2D eigenvalue weighted by Crippen LogP contribution is -2.36. The van der Waals surface area contributed by atoms with E-state index in [1.165, 1.54) is 0 Å². The van der Waals surface area contributed by atoms with E-state index < -0.39 is 6.10 Å². The van der Waals surface area contributed by atoms with E-state index >= 15 is 0 Å². The Balaban J connectivity index is 1.59.